The number of carbonyl (C=O) groups excluding carboxylic acids is 2. The van der Waals surface area contributed by atoms with Gasteiger partial charge in [-0.05, 0) is 24.6 Å². The van der Waals surface area contributed by atoms with Gasteiger partial charge in [0.05, 0.1) is 5.52 Å². The van der Waals surface area contributed by atoms with Gasteiger partial charge < -0.3 is 4.57 Å². The van der Waals surface area contributed by atoms with Gasteiger partial charge in [-0.15, -0.1) is 0 Å². The van der Waals surface area contributed by atoms with Gasteiger partial charge in [-0.3, -0.25) is 19.9 Å². The summed E-state index contributed by atoms with van der Waals surface area (Å²) in [7, 11) is 0. The van der Waals surface area contributed by atoms with Gasteiger partial charge in [-0.25, -0.2) is 4.98 Å². The molecule has 0 aliphatic carbocycles. The maximum absolute atomic E-state index is 12.2. The third-order valence-corrected chi connectivity index (χ3v) is 3.88. The Morgan fingerprint density at radius 1 is 1.19 bits per heavy atom. The molecule has 4 heterocycles. The molecule has 2 amide bonds. The highest BCUT2D eigenvalue weighted by Gasteiger charge is 2.30. The summed E-state index contributed by atoms with van der Waals surface area (Å²) in [6.07, 6.45) is 6.01. The van der Waals surface area contributed by atoms with Crippen LogP contribution in [0.15, 0.2) is 36.8 Å². The Kier molecular flexibility index (Phi) is 2.50. The summed E-state index contributed by atoms with van der Waals surface area (Å²) in [4.78, 5) is 32.1. The molecule has 1 saturated heterocycles. The largest absolute Gasteiger partial charge is 0.313 e. The van der Waals surface area contributed by atoms with Crippen LogP contribution in [0.2, 0.25) is 0 Å². The normalized spacial score (nSPS) is 19.1. The number of nitrogens with one attached hydrogen (secondary N) is 1. The molecule has 21 heavy (non-hydrogen) atoms. The molecule has 0 spiro atoms. The van der Waals surface area contributed by atoms with Gasteiger partial charge in [0.25, 0.3) is 0 Å². The second kappa shape index (κ2) is 4.37. The van der Waals surface area contributed by atoms with Crippen molar-refractivity contribution in [2.24, 2.45) is 0 Å². The number of carbonyl (C=O) groups is 2. The van der Waals surface area contributed by atoms with Gasteiger partial charge in [0.15, 0.2) is 0 Å². The molecule has 0 saturated carbocycles. The molecule has 1 fully saturated rings. The molecule has 3 aromatic rings. The molecule has 1 N–H and O–H groups in total. The zero-order valence-corrected chi connectivity index (χ0v) is 11.1. The van der Waals surface area contributed by atoms with E-state index in [1.807, 2.05) is 22.8 Å². The fourth-order valence-corrected chi connectivity index (χ4v) is 2.96. The minimum absolute atomic E-state index is 0.216. The zero-order valence-electron chi connectivity index (χ0n) is 11.1. The lowest BCUT2D eigenvalue weighted by atomic mass is 10.1. The highest BCUT2D eigenvalue weighted by molar-refractivity contribution is 6.08. The Bertz CT molecular complexity index is 830. The van der Waals surface area contributed by atoms with Crippen LogP contribution in [0.25, 0.3) is 21.9 Å². The summed E-state index contributed by atoms with van der Waals surface area (Å²) in [5, 5.41) is 4.33. The third-order valence-electron chi connectivity index (χ3n) is 3.88. The van der Waals surface area contributed by atoms with Crippen molar-refractivity contribution < 1.29 is 9.59 Å². The molecule has 1 atom stereocenters. The van der Waals surface area contributed by atoms with E-state index in [1.165, 1.54) is 0 Å². The van der Waals surface area contributed by atoms with Crippen LogP contribution in [0.5, 0.6) is 0 Å². The van der Waals surface area contributed by atoms with Crippen molar-refractivity contribution in [3.05, 3.63) is 36.8 Å². The van der Waals surface area contributed by atoms with Crippen molar-refractivity contribution in [2.75, 3.05) is 0 Å². The fourth-order valence-electron chi connectivity index (χ4n) is 2.96. The second-order valence-electron chi connectivity index (χ2n) is 5.10. The molecular weight excluding hydrogens is 268 g/mol. The Balaban J connectivity index is 2.02. The number of rotatable bonds is 1. The lowest BCUT2D eigenvalue weighted by molar-refractivity contribution is -0.135. The van der Waals surface area contributed by atoms with Crippen LogP contribution in [0.1, 0.15) is 18.9 Å². The standard InChI is InChI=1S/C15H12N4O2/c20-13-4-3-12(15(21)18-13)19-11-5-7-16-8-10(11)9-2-1-6-17-14(9)19/h1-2,5-8,12H,3-4H2,(H,18,20,21). The van der Waals surface area contributed by atoms with Gasteiger partial charge >= 0.3 is 0 Å². The first-order valence-corrected chi connectivity index (χ1v) is 6.78. The maximum atomic E-state index is 12.2. The molecule has 1 aliphatic rings. The lowest BCUT2D eigenvalue weighted by Gasteiger charge is -2.23. The van der Waals surface area contributed by atoms with Crippen molar-refractivity contribution in [1.29, 1.82) is 0 Å². The maximum Gasteiger partial charge on any atom is 0.249 e. The molecule has 6 nitrogen and oxygen atoms in total. The van der Waals surface area contributed by atoms with Gasteiger partial charge in [0.2, 0.25) is 11.8 Å². The monoisotopic (exact) mass is 280 g/mol. The lowest BCUT2D eigenvalue weighted by Crippen LogP contribution is -2.41. The summed E-state index contributed by atoms with van der Waals surface area (Å²) in [6, 6.07) is 5.29. The van der Waals surface area contributed by atoms with Gasteiger partial charge in [-0.2, -0.15) is 0 Å². The van der Waals surface area contributed by atoms with E-state index in [0.717, 1.165) is 21.9 Å². The average molecular weight is 280 g/mol. The van der Waals surface area contributed by atoms with E-state index in [2.05, 4.69) is 15.3 Å². The van der Waals surface area contributed by atoms with Crippen LogP contribution in [-0.2, 0) is 9.59 Å². The number of nitrogens with zero attached hydrogens (tertiary/aromatic N) is 3. The predicted octanol–water partition coefficient (Wildman–Crippen LogP) is 1.56. The third kappa shape index (κ3) is 1.72. The van der Waals surface area contributed by atoms with Crippen molar-refractivity contribution in [2.45, 2.75) is 18.9 Å². The summed E-state index contributed by atoms with van der Waals surface area (Å²) in [6.45, 7) is 0. The summed E-state index contributed by atoms with van der Waals surface area (Å²) >= 11 is 0. The molecule has 0 radical (unpaired) electrons. The zero-order chi connectivity index (χ0) is 14.4. The quantitative estimate of drug-likeness (QED) is 0.686. The van der Waals surface area contributed by atoms with Gasteiger partial charge in [-0.1, -0.05) is 0 Å². The first-order chi connectivity index (χ1) is 10.3. The van der Waals surface area contributed by atoms with Crippen molar-refractivity contribution >= 4 is 33.8 Å². The number of pyridine rings is 2. The highest BCUT2D eigenvalue weighted by atomic mass is 16.2. The van der Waals surface area contributed by atoms with Crippen LogP contribution >= 0.6 is 0 Å². The van der Waals surface area contributed by atoms with Gasteiger partial charge in [0.1, 0.15) is 11.7 Å². The van der Waals surface area contributed by atoms with E-state index < -0.39 is 6.04 Å². The fraction of sp³-hybridized carbons (Fsp3) is 0.200. The Labute approximate surface area is 119 Å². The van der Waals surface area contributed by atoms with Crippen molar-refractivity contribution in [1.82, 2.24) is 19.9 Å². The van der Waals surface area contributed by atoms with Crippen LogP contribution in [0.4, 0.5) is 0 Å². The van der Waals surface area contributed by atoms with E-state index in [-0.39, 0.29) is 11.8 Å². The van der Waals surface area contributed by atoms with Crippen molar-refractivity contribution in [3.8, 4) is 0 Å². The molecular formula is C15H12N4O2. The van der Waals surface area contributed by atoms with Crippen LogP contribution in [-0.4, -0.2) is 26.3 Å². The molecule has 0 aromatic carbocycles. The van der Waals surface area contributed by atoms with Crippen LogP contribution < -0.4 is 5.32 Å². The molecule has 3 aromatic heterocycles. The first kappa shape index (κ1) is 12.0. The second-order valence-corrected chi connectivity index (χ2v) is 5.10. The predicted molar refractivity (Wildman–Crippen MR) is 76.5 cm³/mol. The summed E-state index contributed by atoms with van der Waals surface area (Å²) in [5.74, 6) is -0.487. The van der Waals surface area contributed by atoms with E-state index in [0.29, 0.717) is 12.8 Å². The van der Waals surface area contributed by atoms with E-state index in [9.17, 15) is 9.59 Å². The number of aromatic nitrogens is 3. The van der Waals surface area contributed by atoms with Crippen molar-refractivity contribution in [3.63, 3.8) is 0 Å². The van der Waals surface area contributed by atoms with Crippen LogP contribution in [0, 0.1) is 0 Å². The summed E-state index contributed by atoms with van der Waals surface area (Å²) < 4.78 is 1.91. The molecule has 0 bridgehead atoms. The number of hydrogen-bond acceptors (Lipinski definition) is 4. The van der Waals surface area contributed by atoms with E-state index >= 15 is 0 Å². The Morgan fingerprint density at radius 3 is 2.95 bits per heavy atom. The smallest absolute Gasteiger partial charge is 0.249 e. The van der Waals surface area contributed by atoms with Crippen LogP contribution in [0.3, 0.4) is 0 Å². The number of imide groups is 1. The average Bonchev–Trinajstić information content (AvgIpc) is 2.82. The molecule has 1 unspecified atom stereocenters. The van der Waals surface area contributed by atoms with Gasteiger partial charge in [0, 0.05) is 35.8 Å². The first-order valence-electron chi connectivity index (χ1n) is 6.78. The SMILES string of the molecule is O=C1CCC(n2c3ccncc3c3cccnc32)C(=O)N1. The number of hydrogen-bond donors (Lipinski definition) is 1. The Morgan fingerprint density at radius 2 is 2.10 bits per heavy atom. The highest BCUT2D eigenvalue weighted by Crippen LogP contribution is 2.32. The molecule has 4 rings (SSSR count). The number of amides is 2. The molecule has 104 valence electrons. The Hall–Kier alpha value is -2.76. The number of fused-ring (bicyclic) bond motifs is 3. The van der Waals surface area contributed by atoms with E-state index in [1.54, 1.807) is 18.6 Å². The molecule has 6 heteroatoms. The topological polar surface area (TPSA) is 76.9 Å². The summed E-state index contributed by atoms with van der Waals surface area (Å²) in [5.41, 5.74) is 1.66. The minimum atomic E-state index is -0.417. The molecule has 1 aliphatic heterocycles. The minimum Gasteiger partial charge on any atom is -0.313 e. The number of piperidine rings is 1. The van der Waals surface area contributed by atoms with E-state index in [4.69, 9.17) is 0 Å².